The lowest BCUT2D eigenvalue weighted by Gasteiger charge is -2.30. The maximum Gasteiger partial charge on any atom is 0.286 e. The van der Waals surface area contributed by atoms with Crippen LogP contribution in [0.3, 0.4) is 0 Å². The topological polar surface area (TPSA) is 101 Å². The summed E-state index contributed by atoms with van der Waals surface area (Å²) in [6.45, 7) is 0.605. The average molecular weight is 477 g/mol. The summed E-state index contributed by atoms with van der Waals surface area (Å²) in [7, 11) is -2.18. The first kappa shape index (κ1) is 22.3. The fourth-order valence-electron chi connectivity index (χ4n) is 3.47. The number of hydrogen-bond donors (Lipinski definition) is 1. The molecule has 1 saturated heterocycles. The Morgan fingerprint density at radius 2 is 1.88 bits per heavy atom. The van der Waals surface area contributed by atoms with Crippen LogP contribution in [0.1, 0.15) is 33.6 Å². The van der Waals surface area contributed by atoms with Crippen molar-refractivity contribution in [3.05, 3.63) is 64.4 Å². The number of hydrogen-bond acceptors (Lipinski definition) is 7. The van der Waals surface area contributed by atoms with Crippen molar-refractivity contribution in [3.63, 3.8) is 0 Å². The molecule has 32 heavy (non-hydrogen) atoms. The molecule has 168 valence electrons. The largest absolute Gasteiger partial charge is 0.497 e. The lowest BCUT2D eigenvalue weighted by molar-refractivity contribution is 0.102. The molecule has 8 nitrogen and oxygen atoms in total. The third-order valence-corrected chi connectivity index (χ3v) is 8.13. The molecule has 3 aromatic rings. The summed E-state index contributed by atoms with van der Waals surface area (Å²) in [5.41, 5.74) is 0.599. The quantitative estimate of drug-likeness (QED) is 0.584. The molecule has 2 heterocycles. The van der Waals surface area contributed by atoms with Crippen molar-refractivity contribution >= 4 is 33.0 Å². The average Bonchev–Trinajstić information content (AvgIpc) is 3.31. The van der Waals surface area contributed by atoms with Gasteiger partial charge in [0.2, 0.25) is 15.0 Å². The van der Waals surface area contributed by atoms with Crippen molar-refractivity contribution in [3.8, 4) is 5.75 Å². The minimum Gasteiger partial charge on any atom is -0.497 e. The van der Waals surface area contributed by atoms with Crippen LogP contribution in [0.25, 0.3) is 0 Å². The van der Waals surface area contributed by atoms with Crippen LogP contribution in [-0.4, -0.2) is 49.0 Å². The zero-order chi connectivity index (χ0) is 22.7. The highest BCUT2D eigenvalue weighted by Crippen LogP contribution is 2.32. The second kappa shape index (κ2) is 9.31. The van der Waals surface area contributed by atoms with E-state index in [2.05, 4.69) is 15.5 Å². The second-order valence-electron chi connectivity index (χ2n) is 7.28. The third kappa shape index (κ3) is 4.79. The third-order valence-electron chi connectivity index (χ3n) is 5.17. The highest BCUT2D eigenvalue weighted by molar-refractivity contribution is 7.89. The summed E-state index contributed by atoms with van der Waals surface area (Å²) in [4.78, 5) is 12.6. The Morgan fingerprint density at radius 1 is 1.16 bits per heavy atom. The van der Waals surface area contributed by atoms with E-state index in [1.807, 2.05) is 0 Å². The number of anilines is 1. The van der Waals surface area contributed by atoms with Crippen LogP contribution < -0.4 is 10.1 Å². The number of amides is 1. The first-order chi connectivity index (χ1) is 15.4. The van der Waals surface area contributed by atoms with Crippen molar-refractivity contribution < 1.29 is 22.3 Å². The molecule has 1 fully saturated rings. The van der Waals surface area contributed by atoms with Gasteiger partial charge in [0.15, 0.2) is 0 Å². The Morgan fingerprint density at radius 3 is 2.56 bits per heavy atom. The lowest BCUT2D eigenvalue weighted by Crippen LogP contribution is -2.39. The number of sulfonamides is 1. The van der Waals surface area contributed by atoms with Crippen LogP contribution in [0, 0.1) is 5.82 Å². The molecule has 0 radical (unpaired) electrons. The number of methoxy groups -OCH3 is 1. The van der Waals surface area contributed by atoms with Crippen molar-refractivity contribution in [2.75, 3.05) is 25.5 Å². The fourth-order valence-corrected chi connectivity index (χ4v) is 5.86. The number of rotatable bonds is 6. The predicted molar refractivity (Wildman–Crippen MR) is 118 cm³/mol. The van der Waals surface area contributed by atoms with Gasteiger partial charge < -0.3 is 10.1 Å². The Balaban J connectivity index is 1.45. The van der Waals surface area contributed by atoms with E-state index in [1.54, 1.807) is 31.4 Å². The van der Waals surface area contributed by atoms with Crippen LogP contribution in [0.2, 0.25) is 0 Å². The van der Waals surface area contributed by atoms with Gasteiger partial charge in [-0.15, -0.1) is 10.2 Å². The number of halogens is 1. The summed E-state index contributed by atoms with van der Waals surface area (Å²) < 4.78 is 45.5. The zero-order valence-corrected chi connectivity index (χ0v) is 18.8. The SMILES string of the molecule is COc1ccc(NC(=O)c2nnc([C@H]3CCCN(S(=O)(=O)c4ccc(F)cc4)C3)s2)cc1. The van der Waals surface area contributed by atoms with Gasteiger partial charge in [0.25, 0.3) is 5.91 Å². The summed E-state index contributed by atoms with van der Waals surface area (Å²) in [5, 5.41) is 11.7. The molecule has 0 spiro atoms. The molecule has 4 rings (SSSR count). The van der Waals surface area contributed by atoms with Gasteiger partial charge in [0.05, 0.1) is 12.0 Å². The molecule has 11 heteroatoms. The van der Waals surface area contributed by atoms with E-state index in [9.17, 15) is 17.6 Å². The lowest BCUT2D eigenvalue weighted by atomic mass is 10.0. The highest BCUT2D eigenvalue weighted by atomic mass is 32.2. The van der Waals surface area contributed by atoms with Gasteiger partial charge in [-0.05, 0) is 61.4 Å². The number of ether oxygens (including phenoxy) is 1. The molecular formula is C21H21FN4O4S2. The van der Waals surface area contributed by atoms with Crippen LogP contribution in [0.15, 0.2) is 53.4 Å². The number of piperidine rings is 1. The molecule has 1 aliphatic heterocycles. The van der Waals surface area contributed by atoms with Gasteiger partial charge in [-0.2, -0.15) is 4.31 Å². The molecule has 1 atom stereocenters. The van der Waals surface area contributed by atoms with Gasteiger partial charge in [0, 0.05) is 24.7 Å². The molecular weight excluding hydrogens is 455 g/mol. The van der Waals surface area contributed by atoms with E-state index >= 15 is 0 Å². The minimum atomic E-state index is -3.74. The molecule has 0 unspecified atom stereocenters. The molecule has 0 bridgehead atoms. The van der Waals surface area contributed by atoms with Crippen LogP contribution >= 0.6 is 11.3 Å². The smallest absolute Gasteiger partial charge is 0.286 e. The summed E-state index contributed by atoms with van der Waals surface area (Å²) >= 11 is 1.15. The van der Waals surface area contributed by atoms with Gasteiger partial charge in [-0.3, -0.25) is 4.79 Å². The molecule has 0 saturated carbocycles. The molecule has 1 N–H and O–H groups in total. The van der Waals surface area contributed by atoms with Crippen LogP contribution in [0.4, 0.5) is 10.1 Å². The number of carbonyl (C=O) groups is 1. The molecule has 1 amide bonds. The van der Waals surface area contributed by atoms with Crippen molar-refractivity contribution in [1.82, 2.24) is 14.5 Å². The number of aromatic nitrogens is 2. The number of nitrogens with one attached hydrogen (secondary N) is 1. The monoisotopic (exact) mass is 476 g/mol. The summed E-state index contributed by atoms with van der Waals surface area (Å²) in [6, 6.07) is 11.7. The van der Waals surface area contributed by atoms with Gasteiger partial charge in [0.1, 0.15) is 16.6 Å². The van der Waals surface area contributed by atoms with E-state index in [4.69, 9.17) is 4.74 Å². The highest BCUT2D eigenvalue weighted by Gasteiger charge is 2.32. The minimum absolute atomic E-state index is 0.0522. The van der Waals surface area contributed by atoms with Gasteiger partial charge in [-0.1, -0.05) is 11.3 Å². The van der Waals surface area contributed by atoms with Crippen molar-refractivity contribution in [2.24, 2.45) is 0 Å². The number of nitrogens with zero attached hydrogens (tertiary/aromatic N) is 3. The maximum atomic E-state index is 13.2. The van der Waals surface area contributed by atoms with Gasteiger partial charge >= 0.3 is 0 Å². The molecule has 1 aliphatic rings. The van der Waals surface area contributed by atoms with E-state index in [-0.39, 0.29) is 28.3 Å². The van der Waals surface area contributed by atoms with E-state index in [1.165, 1.54) is 16.4 Å². The van der Waals surface area contributed by atoms with E-state index in [0.717, 1.165) is 29.9 Å². The normalized spacial score (nSPS) is 17.1. The first-order valence-corrected chi connectivity index (χ1v) is 12.2. The standard InChI is InChI=1S/C21H21FN4O4S2/c1-30-17-8-6-16(7-9-17)23-19(27)21-25-24-20(31-21)14-3-2-12-26(13-14)32(28,29)18-10-4-15(22)5-11-18/h4-11,14H,2-3,12-13H2,1H3,(H,23,27)/t14-/m0/s1. The fraction of sp³-hybridized carbons (Fsp3) is 0.286. The Bertz CT molecular complexity index is 1200. The maximum absolute atomic E-state index is 13.2. The predicted octanol–water partition coefficient (Wildman–Crippen LogP) is 3.51. The van der Waals surface area contributed by atoms with Gasteiger partial charge in [-0.25, -0.2) is 12.8 Å². The Labute approximate surface area is 189 Å². The molecule has 1 aromatic heterocycles. The van der Waals surface area contributed by atoms with Crippen molar-refractivity contribution in [2.45, 2.75) is 23.7 Å². The molecule has 0 aliphatic carbocycles. The van der Waals surface area contributed by atoms with Crippen LogP contribution in [-0.2, 0) is 10.0 Å². The Kier molecular flexibility index (Phi) is 6.49. The Hall–Kier alpha value is -2.89. The van der Waals surface area contributed by atoms with E-state index in [0.29, 0.717) is 29.4 Å². The number of carbonyl (C=O) groups excluding carboxylic acids is 1. The second-order valence-corrected chi connectivity index (χ2v) is 10.2. The van der Waals surface area contributed by atoms with Crippen LogP contribution in [0.5, 0.6) is 5.75 Å². The summed E-state index contributed by atoms with van der Waals surface area (Å²) in [6.07, 6.45) is 1.39. The molecule has 2 aromatic carbocycles. The zero-order valence-electron chi connectivity index (χ0n) is 17.2. The first-order valence-electron chi connectivity index (χ1n) is 9.91. The number of benzene rings is 2. The summed E-state index contributed by atoms with van der Waals surface area (Å²) in [5.74, 6) is -0.363. The van der Waals surface area contributed by atoms with E-state index < -0.39 is 15.8 Å². The van der Waals surface area contributed by atoms with Crippen molar-refractivity contribution in [1.29, 1.82) is 0 Å².